The third-order valence-corrected chi connectivity index (χ3v) is 4.97. The first-order valence-corrected chi connectivity index (χ1v) is 8.39. The number of nitrogens with zero attached hydrogens (tertiary/aromatic N) is 2. The highest BCUT2D eigenvalue weighted by Gasteiger charge is 2.15. The molecule has 1 aliphatic rings. The Morgan fingerprint density at radius 3 is 2.95 bits per heavy atom. The molecule has 0 atom stereocenters. The largest absolute Gasteiger partial charge is 0.477 e. The molecule has 5 heteroatoms. The molecule has 1 aliphatic carbocycles. The molecule has 0 aromatic carbocycles. The molecular formula is C16H21N3OS. The zero-order valence-corrected chi connectivity index (χ0v) is 13.2. The molecule has 0 aliphatic heterocycles. The number of thiazole rings is 1. The van der Waals surface area contributed by atoms with E-state index in [1.165, 1.54) is 29.0 Å². The Morgan fingerprint density at radius 2 is 2.19 bits per heavy atom. The van der Waals surface area contributed by atoms with Crippen molar-refractivity contribution in [2.45, 2.75) is 45.6 Å². The monoisotopic (exact) mass is 303 g/mol. The summed E-state index contributed by atoms with van der Waals surface area (Å²) < 4.78 is 5.91. The van der Waals surface area contributed by atoms with E-state index in [0.29, 0.717) is 13.2 Å². The van der Waals surface area contributed by atoms with E-state index >= 15 is 0 Å². The Bertz CT molecular complexity index is 624. The van der Waals surface area contributed by atoms with Gasteiger partial charge in [0.15, 0.2) is 0 Å². The highest BCUT2D eigenvalue weighted by molar-refractivity contribution is 7.09. The zero-order chi connectivity index (χ0) is 14.7. The molecule has 2 heterocycles. The van der Waals surface area contributed by atoms with E-state index in [9.17, 15) is 0 Å². The third-order valence-electron chi connectivity index (χ3n) is 3.97. The molecule has 112 valence electrons. The lowest BCUT2D eigenvalue weighted by molar-refractivity contribution is 0.305. The van der Waals surface area contributed by atoms with Gasteiger partial charge in [0.2, 0.25) is 5.88 Å². The van der Waals surface area contributed by atoms with Crippen molar-refractivity contribution in [2.75, 3.05) is 6.61 Å². The minimum atomic E-state index is 0.481. The van der Waals surface area contributed by atoms with Crippen LogP contribution in [0.3, 0.4) is 0 Å². The second kappa shape index (κ2) is 6.54. The molecule has 0 spiro atoms. The second-order valence-corrected chi connectivity index (χ2v) is 6.37. The van der Waals surface area contributed by atoms with Gasteiger partial charge in [-0.05, 0) is 44.2 Å². The number of aromatic nitrogens is 2. The van der Waals surface area contributed by atoms with E-state index in [0.717, 1.165) is 36.4 Å². The minimum absolute atomic E-state index is 0.481. The number of aryl methyl sites for hydroxylation is 3. The van der Waals surface area contributed by atoms with Crippen molar-refractivity contribution in [3.05, 3.63) is 39.0 Å². The van der Waals surface area contributed by atoms with Crippen LogP contribution in [0, 0.1) is 6.92 Å². The van der Waals surface area contributed by atoms with Crippen LogP contribution in [0.5, 0.6) is 5.88 Å². The normalized spacial score (nSPS) is 14.0. The van der Waals surface area contributed by atoms with Gasteiger partial charge in [0.05, 0.1) is 17.8 Å². The average Bonchev–Trinajstić information content (AvgIpc) is 2.92. The molecular weight excluding hydrogens is 282 g/mol. The lowest BCUT2D eigenvalue weighted by Gasteiger charge is -2.18. The van der Waals surface area contributed by atoms with Gasteiger partial charge in [-0.1, -0.05) is 0 Å². The molecule has 0 fully saturated rings. The first kappa shape index (κ1) is 14.5. The number of pyridine rings is 1. The Balaban J connectivity index is 1.70. The quantitative estimate of drug-likeness (QED) is 0.922. The Kier molecular flexibility index (Phi) is 4.51. The molecule has 0 radical (unpaired) electrons. The number of rotatable bonds is 5. The lowest BCUT2D eigenvalue weighted by Crippen LogP contribution is -2.12. The highest BCUT2D eigenvalue weighted by Crippen LogP contribution is 2.26. The molecule has 0 unspecified atom stereocenters. The van der Waals surface area contributed by atoms with Gasteiger partial charge in [-0.3, -0.25) is 0 Å². The van der Waals surface area contributed by atoms with Crippen molar-refractivity contribution < 1.29 is 4.74 Å². The second-order valence-electron chi connectivity index (χ2n) is 5.43. The van der Waals surface area contributed by atoms with Crippen molar-refractivity contribution in [3.63, 3.8) is 0 Å². The van der Waals surface area contributed by atoms with Gasteiger partial charge in [-0.25, -0.2) is 9.97 Å². The first-order chi connectivity index (χ1) is 10.3. The summed E-state index contributed by atoms with van der Waals surface area (Å²) in [7, 11) is 0. The fraction of sp³-hybridized carbons (Fsp3) is 0.500. The highest BCUT2D eigenvalue weighted by atomic mass is 32.1. The molecule has 0 saturated heterocycles. The van der Waals surface area contributed by atoms with Gasteiger partial charge >= 0.3 is 0 Å². The summed E-state index contributed by atoms with van der Waals surface area (Å²) in [5, 5.41) is 0. The van der Waals surface area contributed by atoms with Gasteiger partial charge in [0.25, 0.3) is 0 Å². The fourth-order valence-electron chi connectivity index (χ4n) is 2.74. The van der Waals surface area contributed by atoms with Crippen LogP contribution in [-0.2, 0) is 25.8 Å². The summed E-state index contributed by atoms with van der Waals surface area (Å²) in [6.07, 6.45) is 5.53. The van der Waals surface area contributed by atoms with Gasteiger partial charge in [0.1, 0.15) is 0 Å². The standard InChI is InChI=1S/C16H21N3OS/c1-11-15(21-10-18-11)6-7-20-16-13(9-17)8-12-4-2-3-5-14(12)19-16/h8,10H,2-7,9,17H2,1H3. The van der Waals surface area contributed by atoms with Crippen molar-refractivity contribution >= 4 is 11.3 Å². The van der Waals surface area contributed by atoms with E-state index < -0.39 is 0 Å². The molecule has 2 aromatic rings. The first-order valence-electron chi connectivity index (χ1n) is 7.51. The summed E-state index contributed by atoms with van der Waals surface area (Å²) in [6.45, 7) is 3.14. The topological polar surface area (TPSA) is 61.0 Å². The van der Waals surface area contributed by atoms with Crippen LogP contribution >= 0.6 is 11.3 Å². The maximum Gasteiger partial charge on any atom is 0.218 e. The summed E-state index contributed by atoms with van der Waals surface area (Å²) >= 11 is 1.68. The SMILES string of the molecule is Cc1ncsc1CCOc1nc2c(cc1CN)CCCC2. The predicted molar refractivity (Wildman–Crippen MR) is 84.8 cm³/mol. The number of fused-ring (bicyclic) bond motifs is 1. The van der Waals surface area contributed by atoms with Crippen LogP contribution in [-0.4, -0.2) is 16.6 Å². The molecule has 0 bridgehead atoms. The van der Waals surface area contributed by atoms with Crippen molar-refractivity contribution in [1.82, 2.24) is 9.97 Å². The van der Waals surface area contributed by atoms with Crippen LogP contribution in [0.2, 0.25) is 0 Å². The van der Waals surface area contributed by atoms with Gasteiger partial charge < -0.3 is 10.5 Å². The molecule has 21 heavy (non-hydrogen) atoms. The van der Waals surface area contributed by atoms with E-state index in [-0.39, 0.29) is 0 Å². The number of ether oxygens (including phenoxy) is 1. The fourth-order valence-corrected chi connectivity index (χ4v) is 3.50. The number of hydrogen-bond acceptors (Lipinski definition) is 5. The summed E-state index contributed by atoms with van der Waals surface area (Å²) in [5.41, 5.74) is 12.4. The molecule has 0 saturated carbocycles. The zero-order valence-electron chi connectivity index (χ0n) is 12.4. The van der Waals surface area contributed by atoms with E-state index in [1.54, 1.807) is 11.3 Å². The lowest BCUT2D eigenvalue weighted by atomic mass is 9.95. The van der Waals surface area contributed by atoms with Gasteiger partial charge in [-0.15, -0.1) is 11.3 Å². The molecule has 2 N–H and O–H groups in total. The smallest absolute Gasteiger partial charge is 0.218 e. The third kappa shape index (κ3) is 3.24. The van der Waals surface area contributed by atoms with Crippen LogP contribution < -0.4 is 10.5 Å². The summed E-state index contributed by atoms with van der Waals surface area (Å²) in [6, 6.07) is 2.19. The molecule has 4 nitrogen and oxygen atoms in total. The van der Waals surface area contributed by atoms with E-state index in [1.807, 2.05) is 12.4 Å². The number of nitrogens with two attached hydrogens (primary N) is 1. The van der Waals surface area contributed by atoms with E-state index in [2.05, 4.69) is 11.1 Å². The number of hydrogen-bond donors (Lipinski definition) is 1. The molecule has 0 amide bonds. The molecule has 2 aromatic heterocycles. The maximum atomic E-state index is 5.91. The Morgan fingerprint density at radius 1 is 1.33 bits per heavy atom. The minimum Gasteiger partial charge on any atom is -0.477 e. The van der Waals surface area contributed by atoms with Crippen LogP contribution in [0.4, 0.5) is 0 Å². The Hall–Kier alpha value is -1.46. The van der Waals surface area contributed by atoms with Crippen molar-refractivity contribution in [1.29, 1.82) is 0 Å². The van der Waals surface area contributed by atoms with E-state index in [4.69, 9.17) is 15.5 Å². The van der Waals surface area contributed by atoms with Gasteiger partial charge in [0, 0.05) is 29.1 Å². The maximum absolute atomic E-state index is 5.91. The van der Waals surface area contributed by atoms with Gasteiger partial charge in [-0.2, -0.15) is 0 Å². The van der Waals surface area contributed by atoms with Crippen LogP contribution in [0.15, 0.2) is 11.6 Å². The Labute approximate surface area is 129 Å². The van der Waals surface area contributed by atoms with Crippen molar-refractivity contribution in [3.8, 4) is 5.88 Å². The summed E-state index contributed by atoms with van der Waals surface area (Å²) in [5.74, 6) is 0.723. The van der Waals surface area contributed by atoms with Crippen LogP contribution in [0.1, 0.15) is 40.2 Å². The summed E-state index contributed by atoms with van der Waals surface area (Å²) in [4.78, 5) is 10.3. The van der Waals surface area contributed by atoms with Crippen LogP contribution in [0.25, 0.3) is 0 Å². The molecule has 3 rings (SSSR count). The van der Waals surface area contributed by atoms with Crippen molar-refractivity contribution in [2.24, 2.45) is 5.73 Å². The predicted octanol–water partition coefficient (Wildman–Crippen LogP) is 2.81. The average molecular weight is 303 g/mol.